The van der Waals surface area contributed by atoms with Gasteiger partial charge in [0, 0.05) is 4.47 Å². The predicted octanol–water partition coefficient (Wildman–Crippen LogP) is 3.68. The number of esters is 1. The smallest absolute Gasteiger partial charge is 0.340 e. The second kappa shape index (κ2) is 6.95. The number of halogens is 2. The van der Waals surface area contributed by atoms with Crippen molar-refractivity contribution in [2.45, 2.75) is 10.6 Å². The van der Waals surface area contributed by atoms with Gasteiger partial charge in [-0.15, -0.1) is 0 Å². The van der Waals surface area contributed by atoms with Gasteiger partial charge in [0.15, 0.2) is 0 Å². The fraction of sp³-hybridized carbons (Fsp3) is 0.133. The third-order valence-electron chi connectivity index (χ3n) is 2.82. The van der Waals surface area contributed by atoms with Gasteiger partial charge in [0.05, 0.1) is 34.1 Å². The second-order valence-corrected chi connectivity index (χ2v) is 6.50. The van der Waals surface area contributed by atoms with Crippen molar-refractivity contribution in [3.05, 3.63) is 63.9 Å². The van der Waals surface area contributed by atoms with Crippen LogP contribution in [0.4, 0.5) is 4.39 Å². The molecular weight excluding hydrogens is 359 g/mol. The van der Waals surface area contributed by atoms with Crippen LogP contribution >= 0.6 is 15.9 Å². The molecule has 0 fully saturated rings. The number of hydrogen-bond acceptors (Lipinski definition) is 3. The van der Waals surface area contributed by atoms with Crippen LogP contribution < -0.4 is 0 Å². The highest BCUT2D eigenvalue weighted by Gasteiger charge is 2.14. The van der Waals surface area contributed by atoms with Crippen LogP contribution in [0.3, 0.4) is 0 Å². The van der Waals surface area contributed by atoms with E-state index in [0.717, 1.165) is 4.47 Å². The second-order valence-electron chi connectivity index (χ2n) is 4.23. The maximum absolute atomic E-state index is 13.8. The molecule has 0 aromatic heterocycles. The third kappa shape index (κ3) is 3.77. The standard InChI is InChI=1S/C15H12BrFO3S/c1-20-15(18)11-7-6-10(8-13(11)17)9-21(19)14-5-3-2-4-12(14)16/h2-8H,9H2,1H3. The van der Waals surface area contributed by atoms with Gasteiger partial charge in [0.2, 0.25) is 0 Å². The summed E-state index contributed by atoms with van der Waals surface area (Å²) < 4.78 is 31.3. The lowest BCUT2D eigenvalue weighted by Gasteiger charge is -2.07. The summed E-state index contributed by atoms with van der Waals surface area (Å²) in [6.07, 6.45) is 0. The van der Waals surface area contributed by atoms with Crippen LogP contribution in [0.25, 0.3) is 0 Å². The number of benzene rings is 2. The maximum atomic E-state index is 13.8. The van der Waals surface area contributed by atoms with Crippen molar-refractivity contribution in [2.24, 2.45) is 0 Å². The zero-order valence-electron chi connectivity index (χ0n) is 11.1. The topological polar surface area (TPSA) is 43.4 Å². The van der Waals surface area contributed by atoms with Crippen molar-refractivity contribution in [3.63, 3.8) is 0 Å². The maximum Gasteiger partial charge on any atom is 0.340 e. The Kier molecular flexibility index (Phi) is 5.25. The highest BCUT2D eigenvalue weighted by Crippen LogP contribution is 2.22. The number of ether oxygens (including phenoxy) is 1. The first kappa shape index (κ1) is 15.9. The zero-order chi connectivity index (χ0) is 15.4. The van der Waals surface area contributed by atoms with Crippen molar-refractivity contribution < 1.29 is 18.1 Å². The molecule has 110 valence electrons. The minimum Gasteiger partial charge on any atom is -0.465 e. The molecule has 0 heterocycles. The molecule has 0 saturated carbocycles. The molecule has 6 heteroatoms. The summed E-state index contributed by atoms with van der Waals surface area (Å²) in [6, 6.07) is 11.3. The molecule has 0 saturated heterocycles. The van der Waals surface area contributed by atoms with E-state index in [9.17, 15) is 13.4 Å². The van der Waals surface area contributed by atoms with E-state index in [1.807, 2.05) is 6.07 Å². The zero-order valence-corrected chi connectivity index (χ0v) is 13.5. The number of rotatable bonds is 4. The molecule has 0 spiro atoms. The van der Waals surface area contributed by atoms with E-state index < -0.39 is 22.6 Å². The summed E-state index contributed by atoms with van der Waals surface area (Å²) in [5, 5.41) is 0. The van der Waals surface area contributed by atoms with E-state index in [4.69, 9.17) is 0 Å². The van der Waals surface area contributed by atoms with Crippen molar-refractivity contribution >= 4 is 32.7 Å². The Hall–Kier alpha value is -1.53. The summed E-state index contributed by atoms with van der Waals surface area (Å²) in [5.74, 6) is -1.24. The van der Waals surface area contributed by atoms with Crippen LogP contribution in [-0.2, 0) is 21.3 Å². The Morgan fingerprint density at radius 3 is 2.62 bits per heavy atom. The van der Waals surface area contributed by atoms with Gasteiger partial charge in [-0.25, -0.2) is 9.18 Å². The largest absolute Gasteiger partial charge is 0.465 e. The molecule has 1 unspecified atom stereocenters. The van der Waals surface area contributed by atoms with Gasteiger partial charge in [-0.2, -0.15) is 0 Å². The quantitative estimate of drug-likeness (QED) is 0.771. The van der Waals surface area contributed by atoms with Crippen LogP contribution in [0.5, 0.6) is 0 Å². The molecular formula is C15H12BrFO3S. The first-order valence-corrected chi connectivity index (χ1v) is 8.13. The minimum absolute atomic E-state index is 0.132. The normalized spacial score (nSPS) is 12.0. The molecule has 0 N–H and O–H groups in total. The van der Waals surface area contributed by atoms with E-state index in [1.165, 1.54) is 19.2 Å². The van der Waals surface area contributed by atoms with Crippen LogP contribution in [0.1, 0.15) is 15.9 Å². The van der Waals surface area contributed by atoms with Crippen LogP contribution in [0.2, 0.25) is 0 Å². The SMILES string of the molecule is COC(=O)c1ccc(CS(=O)c2ccccc2Br)cc1F. The van der Waals surface area contributed by atoms with Crippen molar-refractivity contribution in [1.82, 2.24) is 0 Å². The third-order valence-corrected chi connectivity index (χ3v) is 5.21. The van der Waals surface area contributed by atoms with Gasteiger partial charge in [-0.3, -0.25) is 4.21 Å². The van der Waals surface area contributed by atoms with Crippen LogP contribution in [0, 0.1) is 5.82 Å². The molecule has 2 aromatic carbocycles. The van der Waals surface area contributed by atoms with E-state index in [0.29, 0.717) is 10.5 Å². The van der Waals surface area contributed by atoms with Gasteiger partial charge in [0.1, 0.15) is 5.82 Å². The Bertz CT molecular complexity index is 703. The number of carbonyl (C=O) groups is 1. The van der Waals surface area contributed by atoms with Crippen LogP contribution in [0.15, 0.2) is 51.8 Å². The summed E-state index contributed by atoms with van der Waals surface area (Å²) in [5.41, 5.74) is 0.419. The average molecular weight is 371 g/mol. The van der Waals surface area contributed by atoms with Crippen LogP contribution in [-0.4, -0.2) is 17.3 Å². The van der Waals surface area contributed by atoms with Crippen molar-refractivity contribution in [2.75, 3.05) is 7.11 Å². The molecule has 0 aliphatic rings. The summed E-state index contributed by atoms with van der Waals surface area (Å²) in [6.45, 7) is 0. The minimum atomic E-state index is -1.30. The molecule has 2 rings (SSSR count). The van der Waals surface area contributed by atoms with Crippen molar-refractivity contribution in [3.8, 4) is 0 Å². The monoisotopic (exact) mass is 370 g/mol. The lowest BCUT2D eigenvalue weighted by atomic mass is 10.1. The van der Waals surface area contributed by atoms with E-state index in [2.05, 4.69) is 20.7 Å². The molecule has 0 aliphatic heterocycles. The molecule has 0 amide bonds. The number of hydrogen-bond donors (Lipinski definition) is 0. The van der Waals surface area contributed by atoms with Crippen molar-refractivity contribution in [1.29, 1.82) is 0 Å². The molecule has 1 atom stereocenters. The van der Waals surface area contributed by atoms with Gasteiger partial charge >= 0.3 is 5.97 Å². The Labute approximate surface area is 132 Å². The Morgan fingerprint density at radius 1 is 1.29 bits per heavy atom. The highest BCUT2D eigenvalue weighted by atomic mass is 79.9. The van der Waals surface area contributed by atoms with Gasteiger partial charge < -0.3 is 4.74 Å². The molecule has 21 heavy (non-hydrogen) atoms. The summed E-state index contributed by atoms with van der Waals surface area (Å²) >= 11 is 3.34. The van der Waals surface area contributed by atoms with Gasteiger partial charge in [0.25, 0.3) is 0 Å². The lowest BCUT2D eigenvalue weighted by molar-refractivity contribution is 0.0595. The number of carbonyl (C=O) groups excluding carboxylic acids is 1. The van der Waals surface area contributed by atoms with Gasteiger partial charge in [-0.05, 0) is 45.8 Å². The molecule has 0 bridgehead atoms. The summed E-state index contributed by atoms with van der Waals surface area (Å²) in [4.78, 5) is 12.0. The summed E-state index contributed by atoms with van der Waals surface area (Å²) in [7, 11) is -0.111. The Morgan fingerprint density at radius 2 is 2.00 bits per heavy atom. The lowest BCUT2D eigenvalue weighted by Crippen LogP contribution is -2.05. The van der Waals surface area contributed by atoms with E-state index >= 15 is 0 Å². The Balaban J connectivity index is 2.21. The molecule has 0 aliphatic carbocycles. The highest BCUT2D eigenvalue weighted by molar-refractivity contribution is 9.10. The molecule has 3 nitrogen and oxygen atoms in total. The first-order valence-electron chi connectivity index (χ1n) is 6.02. The fourth-order valence-corrected chi connectivity index (χ4v) is 3.76. The van der Waals surface area contributed by atoms with E-state index in [1.54, 1.807) is 24.3 Å². The average Bonchev–Trinajstić information content (AvgIpc) is 2.47. The van der Waals surface area contributed by atoms with Gasteiger partial charge in [-0.1, -0.05) is 18.2 Å². The number of methoxy groups -OCH3 is 1. The molecule has 2 aromatic rings. The van der Waals surface area contributed by atoms with E-state index in [-0.39, 0.29) is 11.3 Å². The first-order chi connectivity index (χ1) is 10.0. The fourth-order valence-electron chi connectivity index (χ4n) is 1.78. The predicted molar refractivity (Wildman–Crippen MR) is 82.0 cm³/mol. The molecule has 0 radical (unpaired) electrons.